The molecule has 1 aliphatic carbocycles. The Hall–Kier alpha value is -1.48. The van der Waals surface area contributed by atoms with E-state index in [1.807, 2.05) is 0 Å². The predicted octanol–water partition coefficient (Wildman–Crippen LogP) is 4.25. The maximum Gasteiger partial charge on any atom is 0.139 e. The van der Waals surface area contributed by atoms with Crippen molar-refractivity contribution in [2.24, 2.45) is 0 Å². The molecule has 0 fully saturated rings. The molecule has 3 rings (SSSR count). The minimum Gasteiger partial charge on any atom is -0.343 e. The van der Waals surface area contributed by atoms with Crippen LogP contribution in [0.25, 0.3) is 11.4 Å². The number of hydrogen-bond donors (Lipinski definition) is 1. The molecule has 3 heteroatoms. The van der Waals surface area contributed by atoms with E-state index in [1.54, 1.807) is 0 Å². The lowest BCUT2D eigenvalue weighted by Crippen LogP contribution is -2.08. The lowest BCUT2D eigenvalue weighted by atomic mass is 9.97. The van der Waals surface area contributed by atoms with Crippen LogP contribution in [0.1, 0.15) is 36.6 Å². The molecule has 0 unspecified atom stereocenters. The van der Waals surface area contributed by atoms with Gasteiger partial charge in [0, 0.05) is 16.8 Å². The summed E-state index contributed by atoms with van der Waals surface area (Å²) < 4.78 is 0.781. The summed E-state index contributed by atoms with van der Waals surface area (Å²) >= 11 is 5.44. The molecule has 0 atom stereocenters. The first-order valence-corrected chi connectivity index (χ1v) is 7.40. The Labute approximate surface area is 118 Å². The summed E-state index contributed by atoms with van der Waals surface area (Å²) in [6, 6.07) is 8.57. The van der Waals surface area contributed by atoms with Crippen molar-refractivity contribution < 1.29 is 0 Å². The highest BCUT2D eigenvalue weighted by Crippen LogP contribution is 2.23. The van der Waals surface area contributed by atoms with Crippen molar-refractivity contribution in [2.45, 2.75) is 39.0 Å². The molecule has 0 spiro atoms. The monoisotopic (exact) mass is 270 g/mol. The fraction of sp³-hybridized carbons (Fsp3) is 0.375. The first-order chi connectivity index (χ1) is 9.28. The van der Waals surface area contributed by atoms with Crippen LogP contribution in [-0.2, 0) is 19.3 Å². The van der Waals surface area contributed by atoms with Crippen molar-refractivity contribution in [3.05, 3.63) is 45.7 Å². The molecule has 0 aliphatic heterocycles. The van der Waals surface area contributed by atoms with Crippen LogP contribution in [-0.4, -0.2) is 9.97 Å². The van der Waals surface area contributed by atoms with Gasteiger partial charge in [-0.05, 0) is 37.7 Å². The molecule has 1 aliphatic rings. The third-order valence-electron chi connectivity index (χ3n) is 3.84. The third-order valence-corrected chi connectivity index (χ3v) is 4.18. The first-order valence-electron chi connectivity index (χ1n) is 6.99. The van der Waals surface area contributed by atoms with Crippen molar-refractivity contribution in [3.8, 4) is 11.4 Å². The Morgan fingerprint density at radius 3 is 2.63 bits per heavy atom. The minimum absolute atomic E-state index is 0.781. The van der Waals surface area contributed by atoms with Crippen LogP contribution in [0.3, 0.4) is 0 Å². The molecule has 98 valence electrons. The van der Waals surface area contributed by atoms with Gasteiger partial charge in [0.25, 0.3) is 0 Å². The van der Waals surface area contributed by atoms with Crippen LogP contribution in [0.2, 0.25) is 0 Å². The molecule has 1 aromatic heterocycles. The molecule has 1 N–H and O–H groups in total. The second-order valence-electron chi connectivity index (χ2n) is 5.11. The lowest BCUT2D eigenvalue weighted by molar-refractivity contribution is 0.661. The molecule has 0 saturated heterocycles. The summed E-state index contributed by atoms with van der Waals surface area (Å²) in [4.78, 5) is 8.05. The Bertz CT molecular complexity index is 641. The zero-order valence-corrected chi connectivity index (χ0v) is 12.0. The van der Waals surface area contributed by atoms with Gasteiger partial charge in [0.2, 0.25) is 0 Å². The number of aromatic nitrogens is 2. The first kappa shape index (κ1) is 12.5. The molecule has 0 radical (unpaired) electrons. The number of aryl methyl sites for hydroxylation is 2. The van der Waals surface area contributed by atoms with Crippen LogP contribution in [0.5, 0.6) is 0 Å². The number of nitrogens with one attached hydrogen (secondary N) is 1. The molecule has 19 heavy (non-hydrogen) atoms. The van der Waals surface area contributed by atoms with Gasteiger partial charge in [0.05, 0.1) is 0 Å². The highest BCUT2D eigenvalue weighted by molar-refractivity contribution is 7.71. The van der Waals surface area contributed by atoms with Crippen LogP contribution >= 0.6 is 12.2 Å². The number of fused-ring (bicyclic) bond motifs is 1. The summed E-state index contributed by atoms with van der Waals surface area (Å²) in [6.45, 7) is 2.17. The standard InChI is InChI=1S/C16H18N2S/c1-2-11-7-9-12(10-8-11)15-17-14-6-4-3-5-13(14)16(19)18-15/h7-10H,2-6H2,1H3,(H,17,18,19). The molecule has 1 aromatic carbocycles. The molecule has 2 nitrogen and oxygen atoms in total. The fourth-order valence-corrected chi connectivity index (χ4v) is 2.97. The van der Waals surface area contributed by atoms with E-state index in [9.17, 15) is 0 Å². The second-order valence-corrected chi connectivity index (χ2v) is 5.49. The molecular formula is C16H18N2S. The van der Waals surface area contributed by atoms with E-state index in [1.165, 1.54) is 29.7 Å². The quantitative estimate of drug-likeness (QED) is 0.827. The summed E-state index contributed by atoms with van der Waals surface area (Å²) in [7, 11) is 0. The maximum atomic E-state index is 5.44. The van der Waals surface area contributed by atoms with Gasteiger partial charge in [0.15, 0.2) is 0 Å². The second kappa shape index (κ2) is 5.25. The number of hydrogen-bond acceptors (Lipinski definition) is 2. The average Bonchev–Trinajstić information content (AvgIpc) is 2.47. The van der Waals surface area contributed by atoms with Crippen LogP contribution in [0, 0.1) is 4.64 Å². The number of aromatic amines is 1. The summed E-state index contributed by atoms with van der Waals surface area (Å²) in [6.07, 6.45) is 5.72. The Morgan fingerprint density at radius 2 is 1.89 bits per heavy atom. The van der Waals surface area contributed by atoms with Crippen molar-refractivity contribution in [1.29, 1.82) is 0 Å². The fourth-order valence-electron chi connectivity index (χ4n) is 2.65. The van der Waals surface area contributed by atoms with E-state index in [0.29, 0.717) is 0 Å². The van der Waals surface area contributed by atoms with Crippen LogP contribution < -0.4 is 0 Å². The average molecular weight is 270 g/mol. The molecule has 0 amide bonds. The van der Waals surface area contributed by atoms with E-state index in [4.69, 9.17) is 12.2 Å². The van der Waals surface area contributed by atoms with Gasteiger partial charge in [-0.25, -0.2) is 4.98 Å². The Morgan fingerprint density at radius 1 is 1.16 bits per heavy atom. The summed E-state index contributed by atoms with van der Waals surface area (Å²) in [5, 5.41) is 0. The zero-order chi connectivity index (χ0) is 13.2. The van der Waals surface area contributed by atoms with E-state index in [-0.39, 0.29) is 0 Å². The highest BCUT2D eigenvalue weighted by atomic mass is 32.1. The largest absolute Gasteiger partial charge is 0.343 e. The SMILES string of the molecule is CCc1ccc(-c2nc(=S)c3c([nH]2)CCCC3)cc1. The molecule has 0 bridgehead atoms. The van der Waals surface area contributed by atoms with Gasteiger partial charge in [-0.1, -0.05) is 43.4 Å². The molecule has 0 saturated carbocycles. The predicted molar refractivity (Wildman–Crippen MR) is 80.9 cm³/mol. The van der Waals surface area contributed by atoms with Gasteiger partial charge in [-0.2, -0.15) is 0 Å². The van der Waals surface area contributed by atoms with Gasteiger partial charge in [-0.15, -0.1) is 0 Å². The van der Waals surface area contributed by atoms with Crippen molar-refractivity contribution >= 4 is 12.2 Å². The van der Waals surface area contributed by atoms with E-state index >= 15 is 0 Å². The highest BCUT2D eigenvalue weighted by Gasteiger charge is 2.13. The van der Waals surface area contributed by atoms with E-state index < -0.39 is 0 Å². The van der Waals surface area contributed by atoms with Gasteiger partial charge in [-0.3, -0.25) is 0 Å². The third kappa shape index (κ3) is 2.47. The number of rotatable bonds is 2. The zero-order valence-electron chi connectivity index (χ0n) is 11.2. The van der Waals surface area contributed by atoms with E-state index in [2.05, 4.69) is 41.2 Å². The number of benzene rings is 1. The van der Waals surface area contributed by atoms with Crippen LogP contribution in [0.4, 0.5) is 0 Å². The normalized spacial score (nSPS) is 14.2. The van der Waals surface area contributed by atoms with E-state index in [0.717, 1.165) is 35.3 Å². The molecular weight excluding hydrogens is 252 g/mol. The Kier molecular flexibility index (Phi) is 3.47. The van der Waals surface area contributed by atoms with Gasteiger partial charge in [0.1, 0.15) is 10.5 Å². The summed E-state index contributed by atoms with van der Waals surface area (Å²) in [5.41, 5.74) is 5.02. The topological polar surface area (TPSA) is 28.7 Å². The van der Waals surface area contributed by atoms with Crippen molar-refractivity contribution in [3.63, 3.8) is 0 Å². The van der Waals surface area contributed by atoms with Gasteiger partial charge >= 0.3 is 0 Å². The maximum absolute atomic E-state index is 5.44. The minimum atomic E-state index is 0.781. The number of H-pyrrole nitrogens is 1. The van der Waals surface area contributed by atoms with Crippen molar-refractivity contribution in [2.75, 3.05) is 0 Å². The smallest absolute Gasteiger partial charge is 0.139 e. The molecule has 1 heterocycles. The Balaban J connectivity index is 2.05. The van der Waals surface area contributed by atoms with Crippen molar-refractivity contribution in [1.82, 2.24) is 9.97 Å². The van der Waals surface area contributed by atoms with Crippen LogP contribution in [0.15, 0.2) is 24.3 Å². The molecule has 2 aromatic rings. The van der Waals surface area contributed by atoms with Gasteiger partial charge < -0.3 is 4.98 Å². The lowest BCUT2D eigenvalue weighted by Gasteiger charge is -2.16. The summed E-state index contributed by atoms with van der Waals surface area (Å²) in [5.74, 6) is 0.910. The number of nitrogens with zero attached hydrogens (tertiary/aromatic N) is 1.